The number of carbonyl (C=O) groups is 1. The number of aryl methyl sites for hydroxylation is 1. The standard InChI is InChI=1S/C16H13BrN2OS/c1-9-4-2-7-12-13(18)15(21-14(9)12)16(20)19-11-6-3-5-10(17)8-11/h2-8H,18H2,1H3,(H,19,20). The highest BCUT2D eigenvalue weighted by molar-refractivity contribution is 9.10. The summed E-state index contributed by atoms with van der Waals surface area (Å²) in [7, 11) is 0. The van der Waals surface area contributed by atoms with Crippen LogP contribution in [0.15, 0.2) is 46.9 Å². The summed E-state index contributed by atoms with van der Waals surface area (Å²) in [6.07, 6.45) is 0. The molecular weight excluding hydrogens is 348 g/mol. The molecule has 0 spiro atoms. The zero-order valence-corrected chi connectivity index (χ0v) is 13.7. The summed E-state index contributed by atoms with van der Waals surface area (Å²) in [5.41, 5.74) is 8.55. The van der Waals surface area contributed by atoms with Crippen molar-refractivity contribution >= 4 is 54.6 Å². The number of hydrogen-bond donors (Lipinski definition) is 2. The second-order valence-corrected chi connectivity index (χ2v) is 6.70. The minimum Gasteiger partial charge on any atom is -0.397 e. The number of nitrogen functional groups attached to an aromatic ring is 1. The highest BCUT2D eigenvalue weighted by Gasteiger charge is 2.17. The number of nitrogens with one attached hydrogen (secondary N) is 1. The molecule has 0 saturated carbocycles. The fourth-order valence-corrected chi connectivity index (χ4v) is 3.69. The molecule has 21 heavy (non-hydrogen) atoms. The highest BCUT2D eigenvalue weighted by Crippen LogP contribution is 2.36. The van der Waals surface area contributed by atoms with Gasteiger partial charge in [0.25, 0.3) is 5.91 Å². The molecule has 3 rings (SSSR count). The molecule has 1 heterocycles. The maximum atomic E-state index is 12.4. The predicted octanol–water partition coefficient (Wildman–Crippen LogP) is 4.81. The number of fused-ring (bicyclic) bond motifs is 1. The molecule has 1 amide bonds. The number of amides is 1. The minimum absolute atomic E-state index is 0.175. The van der Waals surface area contributed by atoms with Gasteiger partial charge in [0.1, 0.15) is 4.88 Å². The number of rotatable bonds is 2. The first kappa shape index (κ1) is 14.1. The second-order valence-electron chi connectivity index (χ2n) is 4.76. The monoisotopic (exact) mass is 360 g/mol. The number of benzene rings is 2. The van der Waals surface area contributed by atoms with Crippen LogP contribution in [-0.4, -0.2) is 5.91 Å². The van der Waals surface area contributed by atoms with Gasteiger partial charge in [-0.3, -0.25) is 4.79 Å². The van der Waals surface area contributed by atoms with Crippen LogP contribution in [-0.2, 0) is 0 Å². The van der Waals surface area contributed by atoms with Gasteiger partial charge in [-0.1, -0.05) is 40.2 Å². The summed E-state index contributed by atoms with van der Waals surface area (Å²) in [6.45, 7) is 2.02. The van der Waals surface area contributed by atoms with Crippen molar-refractivity contribution in [2.45, 2.75) is 6.92 Å². The summed E-state index contributed by atoms with van der Waals surface area (Å²) >= 11 is 4.82. The van der Waals surface area contributed by atoms with Crippen molar-refractivity contribution in [1.29, 1.82) is 0 Å². The lowest BCUT2D eigenvalue weighted by Gasteiger charge is -2.04. The molecule has 0 aliphatic heterocycles. The summed E-state index contributed by atoms with van der Waals surface area (Å²) in [5.74, 6) is -0.175. The van der Waals surface area contributed by atoms with E-state index >= 15 is 0 Å². The van der Waals surface area contributed by atoms with Crippen LogP contribution >= 0.6 is 27.3 Å². The summed E-state index contributed by atoms with van der Waals surface area (Å²) in [6, 6.07) is 13.4. The molecule has 0 atom stereocenters. The molecule has 0 fully saturated rings. The molecule has 0 radical (unpaired) electrons. The van der Waals surface area contributed by atoms with Gasteiger partial charge in [0, 0.05) is 20.2 Å². The predicted molar refractivity (Wildman–Crippen MR) is 93.1 cm³/mol. The fraction of sp³-hybridized carbons (Fsp3) is 0.0625. The lowest BCUT2D eigenvalue weighted by Crippen LogP contribution is -2.11. The molecule has 0 aliphatic carbocycles. The van der Waals surface area contributed by atoms with Gasteiger partial charge in [-0.15, -0.1) is 11.3 Å². The summed E-state index contributed by atoms with van der Waals surface area (Å²) < 4.78 is 1.98. The van der Waals surface area contributed by atoms with Crippen LogP contribution < -0.4 is 11.1 Å². The molecule has 5 heteroatoms. The lowest BCUT2D eigenvalue weighted by molar-refractivity contribution is 0.103. The first-order valence-corrected chi connectivity index (χ1v) is 8.01. The Balaban J connectivity index is 1.98. The first-order valence-electron chi connectivity index (χ1n) is 6.41. The number of anilines is 2. The zero-order valence-electron chi connectivity index (χ0n) is 11.3. The van der Waals surface area contributed by atoms with Crippen molar-refractivity contribution in [1.82, 2.24) is 0 Å². The van der Waals surface area contributed by atoms with E-state index in [0.717, 1.165) is 25.8 Å². The van der Waals surface area contributed by atoms with E-state index in [2.05, 4.69) is 21.2 Å². The normalized spacial score (nSPS) is 10.8. The van der Waals surface area contributed by atoms with Gasteiger partial charge in [-0.25, -0.2) is 0 Å². The number of carbonyl (C=O) groups excluding carboxylic acids is 1. The van der Waals surface area contributed by atoms with Crippen molar-refractivity contribution in [3.05, 3.63) is 57.4 Å². The third kappa shape index (κ3) is 2.66. The van der Waals surface area contributed by atoms with Crippen LogP contribution in [0.5, 0.6) is 0 Å². The second kappa shape index (κ2) is 5.50. The van der Waals surface area contributed by atoms with Crippen LogP contribution in [0.1, 0.15) is 15.2 Å². The smallest absolute Gasteiger partial charge is 0.267 e. The summed E-state index contributed by atoms with van der Waals surface area (Å²) in [4.78, 5) is 13.0. The van der Waals surface area contributed by atoms with Crippen molar-refractivity contribution in [3.63, 3.8) is 0 Å². The van der Waals surface area contributed by atoms with Crippen molar-refractivity contribution < 1.29 is 4.79 Å². The van der Waals surface area contributed by atoms with Crippen LogP contribution in [0.4, 0.5) is 11.4 Å². The average Bonchev–Trinajstić information content (AvgIpc) is 2.78. The zero-order chi connectivity index (χ0) is 15.0. The van der Waals surface area contributed by atoms with Crippen LogP contribution in [0.25, 0.3) is 10.1 Å². The van der Waals surface area contributed by atoms with E-state index < -0.39 is 0 Å². The van der Waals surface area contributed by atoms with Crippen LogP contribution in [0.2, 0.25) is 0 Å². The summed E-state index contributed by atoms with van der Waals surface area (Å²) in [5, 5.41) is 3.83. The number of hydrogen-bond acceptors (Lipinski definition) is 3. The van der Waals surface area contributed by atoms with Gasteiger partial charge in [-0.05, 0) is 30.7 Å². The molecule has 0 bridgehead atoms. The molecule has 0 saturated heterocycles. The number of halogens is 1. The van der Waals surface area contributed by atoms with E-state index in [1.54, 1.807) is 0 Å². The molecule has 3 aromatic rings. The quantitative estimate of drug-likeness (QED) is 0.688. The van der Waals surface area contributed by atoms with Crippen LogP contribution in [0.3, 0.4) is 0 Å². The van der Waals surface area contributed by atoms with Gasteiger partial charge in [0.15, 0.2) is 0 Å². The van der Waals surface area contributed by atoms with Gasteiger partial charge < -0.3 is 11.1 Å². The Morgan fingerprint density at radius 1 is 1.24 bits per heavy atom. The Labute approximate surface area is 134 Å². The molecule has 2 aromatic carbocycles. The van der Waals surface area contributed by atoms with Crippen molar-refractivity contribution in [2.24, 2.45) is 0 Å². The largest absolute Gasteiger partial charge is 0.397 e. The minimum atomic E-state index is -0.175. The topological polar surface area (TPSA) is 55.1 Å². The Kier molecular flexibility index (Phi) is 3.69. The van der Waals surface area contributed by atoms with E-state index in [0.29, 0.717) is 10.6 Å². The highest BCUT2D eigenvalue weighted by atomic mass is 79.9. The van der Waals surface area contributed by atoms with Crippen LogP contribution in [0, 0.1) is 6.92 Å². The molecule has 3 nitrogen and oxygen atoms in total. The average molecular weight is 361 g/mol. The van der Waals surface area contributed by atoms with Crippen molar-refractivity contribution in [3.8, 4) is 0 Å². The molecule has 0 aliphatic rings. The van der Waals surface area contributed by atoms with Gasteiger partial charge in [0.2, 0.25) is 0 Å². The Hall–Kier alpha value is -1.85. The van der Waals surface area contributed by atoms with E-state index in [1.807, 2.05) is 49.4 Å². The van der Waals surface area contributed by atoms with E-state index in [4.69, 9.17) is 5.73 Å². The van der Waals surface area contributed by atoms with Gasteiger partial charge in [0.05, 0.1) is 5.69 Å². The van der Waals surface area contributed by atoms with E-state index in [-0.39, 0.29) is 5.91 Å². The lowest BCUT2D eigenvalue weighted by atomic mass is 10.1. The van der Waals surface area contributed by atoms with E-state index in [1.165, 1.54) is 11.3 Å². The maximum absolute atomic E-state index is 12.4. The fourth-order valence-electron chi connectivity index (χ4n) is 2.20. The number of nitrogens with two attached hydrogens (primary N) is 1. The Morgan fingerprint density at radius 3 is 2.71 bits per heavy atom. The molecule has 3 N–H and O–H groups in total. The maximum Gasteiger partial charge on any atom is 0.267 e. The van der Waals surface area contributed by atoms with Gasteiger partial charge in [-0.2, -0.15) is 0 Å². The SMILES string of the molecule is Cc1cccc2c(N)c(C(=O)Nc3cccc(Br)c3)sc12. The molecular formula is C16H13BrN2OS. The Morgan fingerprint density at radius 2 is 2.00 bits per heavy atom. The first-order chi connectivity index (χ1) is 10.1. The van der Waals surface area contributed by atoms with E-state index in [9.17, 15) is 4.79 Å². The van der Waals surface area contributed by atoms with Gasteiger partial charge >= 0.3 is 0 Å². The van der Waals surface area contributed by atoms with Crippen molar-refractivity contribution in [2.75, 3.05) is 11.1 Å². The molecule has 1 aromatic heterocycles. The molecule has 106 valence electrons. The Bertz CT molecular complexity index is 841. The third-order valence-electron chi connectivity index (χ3n) is 3.24. The molecule has 0 unspecified atom stereocenters. The third-order valence-corrected chi connectivity index (χ3v) is 5.09. The number of thiophene rings is 1.